The molecule has 0 unspecified atom stereocenters. The fraction of sp³-hybridized carbons (Fsp3) is 0.143. The van der Waals surface area contributed by atoms with Gasteiger partial charge in [-0.05, 0) is 48.2 Å². The van der Waals surface area contributed by atoms with Crippen LogP contribution in [0.2, 0.25) is 0 Å². The molecule has 0 spiro atoms. The van der Waals surface area contributed by atoms with Gasteiger partial charge in [-0.25, -0.2) is 8.42 Å². The molecule has 0 radical (unpaired) electrons. The van der Waals surface area contributed by atoms with Crippen molar-refractivity contribution in [3.05, 3.63) is 137 Å². The molecule has 3 nitrogen and oxygen atoms in total. The van der Waals surface area contributed by atoms with E-state index in [2.05, 4.69) is 12.1 Å². The van der Waals surface area contributed by atoms with Crippen LogP contribution in [0.1, 0.15) is 45.5 Å². The Labute approximate surface area is 190 Å². The number of rotatable bonds is 4. The third kappa shape index (κ3) is 3.46. The topological polar surface area (TPSA) is 37.4 Å². The van der Waals surface area contributed by atoms with Gasteiger partial charge in [0.2, 0.25) is 10.0 Å². The second-order valence-electron chi connectivity index (χ2n) is 8.40. The molecule has 4 heteroatoms. The van der Waals surface area contributed by atoms with Crippen molar-refractivity contribution >= 4 is 10.0 Å². The molecule has 0 saturated carbocycles. The van der Waals surface area contributed by atoms with E-state index in [-0.39, 0.29) is 0 Å². The van der Waals surface area contributed by atoms with E-state index in [1.807, 2.05) is 92.7 Å². The molecule has 2 atom stereocenters. The Kier molecular flexibility index (Phi) is 5.20. The molecule has 0 aromatic heterocycles. The lowest BCUT2D eigenvalue weighted by Gasteiger charge is -2.30. The molecule has 4 aromatic rings. The molecule has 5 rings (SSSR count). The first kappa shape index (κ1) is 20.7. The van der Waals surface area contributed by atoms with Gasteiger partial charge in [-0.3, -0.25) is 0 Å². The summed E-state index contributed by atoms with van der Waals surface area (Å²) in [5, 5.41) is 0. The molecular formula is C28H25NO2S. The third-order valence-corrected chi connectivity index (χ3v) is 8.04. The van der Waals surface area contributed by atoms with Crippen LogP contribution < -0.4 is 0 Å². The number of sulfonamides is 1. The summed E-state index contributed by atoms with van der Waals surface area (Å²) in [5.74, 6) is 0. The maximum atomic E-state index is 14.2. The van der Waals surface area contributed by atoms with Gasteiger partial charge in [0.25, 0.3) is 0 Å². The summed E-state index contributed by atoms with van der Waals surface area (Å²) in [6.45, 7) is 4.00. The number of fused-ring (bicyclic) bond motifs is 1. The second-order valence-corrected chi connectivity index (χ2v) is 10.2. The Hall–Kier alpha value is -3.21. The summed E-state index contributed by atoms with van der Waals surface area (Å²) in [6.07, 6.45) is 0. The Morgan fingerprint density at radius 3 is 1.53 bits per heavy atom. The molecule has 4 aromatic carbocycles. The standard InChI is InChI=1S/C28H25NO2S/c1-20-12-16-23(17-13-20)28-26-11-7-6-10-25(26)27(22-8-4-3-5-9-22)29(28)32(30,31)24-18-14-21(2)15-19-24/h3-19,27-28H,1-2H3/t27-,28-/m0/s1. The Bertz CT molecular complexity index is 1340. The van der Waals surface area contributed by atoms with Crippen LogP contribution in [0, 0.1) is 13.8 Å². The van der Waals surface area contributed by atoms with E-state index in [1.54, 1.807) is 16.4 Å². The van der Waals surface area contributed by atoms with Crippen molar-refractivity contribution in [2.75, 3.05) is 0 Å². The zero-order valence-corrected chi connectivity index (χ0v) is 19.0. The van der Waals surface area contributed by atoms with E-state index < -0.39 is 22.1 Å². The normalized spacial score (nSPS) is 18.4. The van der Waals surface area contributed by atoms with Gasteiger partial charge in [-0.1, -0.05) is 102 Å². The SMILES string of the molecule is Cc1ccc([C@H]2c3ccccc3[C@H](c3ccccc3)N2S(=O)(=O)c2ccc(C)cc2)cc1. The summed E-state index contributed by atoms with van der Waals surface area (Å²) in [5.41, 5.74) is 6.17. The monoisotopic (exact) mass is 439 g/mol. The quantitative estimate of drug-likeness (QED) is 0.380. The van der Waals surface area contributed by atoms with Crippen LogP contribution in [0.3, 0.4) is 0 Å². The first-order valence-corrected chi connectivity index (χ1v) is 12.2. The maximum Gasteiger partial charge on any atom is 0.244 e. The summed E-state index contributed by atoms with van der Waals surface area (Å²) in [7, 11) is -3.79. The van der Waals surface area contributed by atoms with Crippen LogP contribution in [-0.2, 0) is 10.0 Å². The number of hydrogen-bond donors (Lipinski definition) is 0. The van der Waals surface area contributed by atoms with Crippen LogP contribution >= 0.6 is 0 Å². The maximum absolute atomic E-state index is 14.2. The van der Waals surface area contributed by atoms with Crippen molar-refractivity contribution < 1.29 is 8.42 Å². The van der Waals surface area contributed by atoms with Crippen molar-refractivity contribution in [1.82, 2.24) is 4.31 Å². The Morgan fingerprint density at radius 2 is 1.00 bits per heavy atom. The lowest BCUT2D eigenvalue weighted by atomic mass is 9.95. The van der Waals surface area contributed by atoms with Crippen molar-refractivity contribution in [1.29, 1.82) is 0 Å². The molecule has 160 valence electrons. The molecule has 0 fully saturated rings. The number of aryl methyl sites for hydroxylation is 2. The first-order chi connectivity index (χ1) is 15.5. The van der Waals surface area contributed by atoms with Gasteiger partial charge in [-0.2, -0.15) is 4.31 Å². The molecule has 1 aliphatic rings. The van der Waals surface area contributed by atoms with Crippen LogP contribution in [-0.4, -0.2) is 12.7 Å². The second kappa shape index (κ2) is 8.05. The summed E-state index contributed by atoms with van der Waals surface area (Å²) in [4.78, 5) is 0.314. The number of nitrogens with zero attached hydrogens (tertiary/aromatic N) is 1. The Balaban J connectivity index is 1.77. The summed E-state index contributed by atoms with van der Waals surface area (Å²) >= 11 is 0. The summed E-state index contributed by atoms with van der Waals surface area (Å²) < 4.78 is 30.0. The molecule has 0 bridgehead atoms. The fourth-order valence-electron chi connectivity index (χ4n) is 4.58. The summed E-state index contributed by atoms with van der Waals surface area (Å²) in [6, 6.07) is 32.5. The first-order valence-electron chi connectivity index (χ1n) is 10.8. The van der Waals surface area contributed by atoms with E-state index in [4.69, 9.17) is 0 Å². The van der Waals surface area contributed by atoms with Gasteiger partial charge in [-0.15, -0.1) is 0 Å². The largest absolute Gasteiger partial charge is 0.244 e. The van der Waals surface area contributed by atoms with Crippen LogP contribution in [0.5, 0.6) is 0 Å². The van der Waals surface area contributed by atoms with Gasteiger partial charge in [0.05, 0.1) is 17.0 Å². The smallest absolute Gasteiger partial charge is 0.207 e. The van der Waals surface area contributed by atoms with Gasteiger partial charge in [0.15, 0.2) is 0 Å². The zero-order valence-electron chi connectivity index (χ0n) is 18.1. The van der Waals surface area contributed by atoms with E-state index >= 15 is 0 Å². The van der Waals surface area contributed by atoms with Crippen LogP contribution in [0.25, 0.3) is 0 Å². The van der Waals surface area contributed by atoms with Crippen LogP contribution in [0.4, 0.5) is 0 Å². The van der Waals surface area contributed by atoms with Gasteiger partial charge >= 0.3 is 0 Å². The molecule has 1 heterocycles. The molecular weight excluding hydrogens is 414 g/mol. The molecule has 1 aliphatic heterocycles. The van der Waals surface area contributed by atoms with E-state index in [0.717, 1.165) is 33.4 Å². The van der Waals surface area contributed by atoms with Gasteiger partial charge in [0, 0.05) is 0 Å². The molecule has 0 saturated heterocycles. The minimum absolute atomic E-state index is 0.314. The van der Waals surface area contributed by atoms with Crippen molar-refractivity contribution in [3.8, 4) is 0 Å². The molecule has 32 heavy (non-hydrogen) atoms. The van der Waals surface area contributed by atoms with Crippen molar-refractivity contribution in [2.24, 2.45) is 0 Å². The highest BCUT2D eigenvalue weighted by molar-refractivity contribution is 7.89. The van der Waals surface area contributed by atoms with Gasteiger partial charge in [0.1, 0.15) is 0 Å². The third-order valence-electron chi connectivity index (χ3n) is 6.20. The highest BCUT2D eigenvalue weighted by atomic mass is 32.2. The molecule has 0 aliphatic carbocycles. The zero-order chi connectivity index (χ0) is 22.3. The van der Waals surface area contributed by atoms with E-state index in [1.165, 1.54) is 0 Å². The average Bonchev–Trinajstić information content (AvgIpc) is 3.17. The fourth-order valence-corrected chi connectivity index (χ4v) is 6.33. The predicted octanol–water partition coefficient (Wildman–Crippen LogP) is 6.19. The van der Waals surface area contributed by atoms with Gasteiger partial charge < -0.3 is 0 Å². The lowest BCUT2D eigenvalue weighted by Crippen LogP contribution is -2.34. The van der Waals surface area contributed by atoms with Crippen LogP contribution in [0.15, 0.2) is 108 Å². The highest BCUT2D eigenvalue weighted by Crippen LogP contribution is 2.51. The van der Waals surface area contributed by atoms with Crippen molar-refractivity contribution in [2.45, 2.75) is 30.8 Å². The minimum atomic E-state index is -3.79. The van der Waals surface area contributed by atoms with E-state index in [9.17, 15) is 8.42 Å². The Morgan fingerprint density at radius 1 is 0.562 bits per heavy atom. The minimum Gasteiger partial charge on any atom is -0.207 e. The van der Waals surface area contributed by atoms with Crippen molar-refractivity contribution in [3.63, 3.8) is 0 Å². The molecule has 0 amide bonds. The molecule has 0 N–H and O–H groups in total. The average molecular weight is 440 g/mol. The lowest BCUT2D eigenvalue weighted by molar-refractivity contribution is 0.347. The predicted molar refractivity (Wildman–Crippen MR) is 128 cm³/mol. The van der Waals surface area contributed by atoms with E-state index in [0.29, 0.717) is 4.90 Å². The highest BCUT2D eigenvalue weighted by Gasteiger charge is 2.46. The number of hydrogen-bond acceptors (Lipinski definition) is 2. The number of benzene rings is 4.